The number of amides is 1. The van der Waals surface area contributed by atoms with E-state index in [0.29, 0.717) is 6.54 Å². The van der Waals surface area contributed by atoms with Crippen molar-refractivity contribution < 1.29 is 17.6 Å². The number of carbonyl (C=O) groups excluding carboxylic acids is 1. The molecule has 2 rings (SSSR count). The van der Waals surface area contributed by atoms with Gasteiger partial charge in [0.25, 0.3) is 0 Å². The first-order valence-corrected chi connectivity index (χ1v) is 10.6. The Morgan fingerprint density at radius 3 is 2.54 bits per heavy atom. The summed E-state index contributed by atoms with van der Waals surface area (Å²) in [5.41, 5.74) is 1.17. The minimum atomic E-state index is -3.66. The molecule has 1 unspecified atom stereocenters. The Hall–Kier alpha value is -1.73. The van der Waals surface area contributed by atoms with Gasteiger partial charge in [-0.1, -0.05) is 28.1 Å². The molecule has 0 spiro atoms. The van der Waals surface area contributed by atoms with Gasteiger partial charge in [-0.05, 0) is 61.7 Å². The van der Waals surface area contributed by atoms with Crippen LogP contribution in [-0.4, -0.2) is 26.1 Å². The average Bonchev–Trinajstić information content (AvgIpc) is 2.59. The summed E-state index contributed by atoms with van der Waals surface area (Å²) >= 11 is 3.42. The van der Waals surface area contributed by atoms with E-state index < -0.39 is 20.9 Å². The molecule has 0 aliphatic rings. The molecule has 4 nitrogen and oxygen atoms in total. The van der Waals surface area contributed by atoms with Crippen LogP contribution in [-0.2, 0) is 21.1 Å². The monoisotopic (exact) mass is 441 g/mol. The molecule has 0 aliphatic heterocycles. The van der Waals surface area contributed by atoms with Crippen LogP contribution in [0.4, 0.5) is 4.39 Å². The van der Waals surface area contributed by atoms with Gasteiger partial charge in [0.05, 0.1) is 10.1 Å². The van der Waals surface area contributed by atoms with Gasteiger partial charge in [0.15, 0.2) is 9.84 Å². The van der Waals surface area contributed by atoms with Gasteiger partial charge in [-0.25, -0.2) is 12.8 Å². The zero-order valence-corrected chi connectivity index (χ0v) is 16.8. The van der Waals surface area contributed by atoms with E-state index in [2.05, 4.69) is 21.2 Å². The van der Waals surface area contributed by atoms with Gasteiger partial charge < -0.3 is 5.32 Å². The zero-order valence-electron chi connectivity index (χ0n) is 14.4. The number of halogens is 2. The maximum atomic E-state index is 12.9. The van der Waals surface area contributed by atoms with Crippen LogP contribution in [0.1, 0.15) is 25.3 Å². The Kier molecular flexibility index (Phi) is 7.34. The van der Waals surface area contributed by atoms with Crippen LogP contribution in [0.2, 0.25) is 0 Å². The summed E-state index contributed by atoms with van der Waals surface area (Å²) in [4.78, 5) is 12.0. The van der Waals surface area contributed by atoms with Gasteiger partial charge in [-0.15, -0.1) is 0 Å². The molecular formula is C19H21BrFNO3S. The van der Waals surface area contributed by atoms with E-state index in [1.807, 2.05) is 24.3 Å². The molecular weight excluding hydrogens is 421 g/mol. The predicted molar refractivity (Wildman–Crippen MR) is 103 cm³/mol. The van der Waals surface area contributed by atoms with Crippen LogP contribution in [0.3, 0.4) is 0 Å². The third-order valence-electron chi connectivity index (χ3n) is 4.00. The standard InChI is InChI=1S/C19H21BrFNO3S/c1-14(26(24,25)18-9-7-17(21)8-10-18)12-19(23)22-11-3-5-15-4-2-6-16(20)13-15/h2,4,6-10,13-14H,3,5,11-12H2,1H3,(H,22,23). The van der Waals surface area contributed by atoms with Crippen LogP contribution < -0.4 is 5.32 Å². The highest BCUT2D eigenvalue weighted by atomic mass is 79.9. The molecule has 0 aliphatic carbocycles. The van der Waals surface area contributed by atoms with Gasteiger partial charge in [0, 0.05) is 17.4 Å². The highest BCUT2D eigenvalue weighted by molar-refractivity contribution is 9.10. The molecule has 0 bridgehead atoms. The highest BCUT2D eigenvalue weighted by Crippen LogP contribution is 2.18. The number of aryl methyl sites for hydroxylation is 1. The van der Waals surface area contributed by atoms with Crippen molar-refractivity contribution in [3.63, 3.8) is 0 Å². The van der Waals surface area contributed by atoms with Crippen molar-refractivity contribution in [3.05, 3.63) is 64.4 Å². The molecule has 0 radical (unpaired) electrons. The van der Waals surface area contributed by atoms with Crippen LogP contribution in [0.25, 0.3) is 0 Å². The third-order valence-corrected chi connectivity index (χ3v) is 6.65. The molecule has 7 heteroatoms. The van der Waals surface area contributed by atoms with E-state index in [1.165, 1.54) is 24.6 Å². The van der Waals surface area contributed by atoms with E-state index in [9.17, 15) is 17.6 Å². The minimum absolute atomic E-state index is 0.0221. The zero-order chi connectivity index (χ0) is 19.2. The maximum absolute atomic E-state index is 12.9. The van der Waals surface area contributed by atoms with Crippen LogP contribution in [0.15, 0.2) is 57.9 Å². The minimum Gasteiger partial charge on any atom is -0.356 e. The Morgan fingerprint density at radius 2 is 1.88 bits per heavy atom. The molecule has 1 amide bonds. The van der Waals surface area contributed by atoms with Crippen LogP contribution >= 0.6 is 15.9 Å². The van der Waals surface area contributed by atoms with E-state index in [1.54, 1.807) is 0 Å². The number of hydrogen-bond donors (Lipinski definition) is 1. The number of benzene rings is 2. The lowest BCUT2D eigenvalue weighted by atomic mass is 10.1. The summed E-state index contributed by atoms with van der Waals surface area (Å²) in [5, 5.41) is 1.88. The largest absolute Gasteiger partial charge is 0.356 e. The summed E-state index contributed by atoms with van der Waals surface area (Å²) < 4.78 is 38.8. The van der Waals surface area contributed by atoms with Crippen molar-refractivity contribution in [3.8, 4) is 0 Å². The van der Waals surface area contributed by atoms with Crippen LogP contribution in [0.5, 0.6) is 0 Å². The molecule has 2 aromatic rings. The Balaban J connectivity index is 1.80. The molecule has 2 aromatic carbocycles. The van der Waals surface area contributed by atoms with Crippen LogP contribution in [0, 0.1) is 5.82 Å². The Labute approximate surface area is 161 Å². The summed E-state index contributed by atoms with van der Waals surface area (Å²) in [7, 11) is -3.66. The molecule has 0 saturated carbocycles. The number of nitrogens with one attached hydrogen (secondary N) is 1. The van der Waals surface area contributed by atoms with Gasteiger partial charge in [-0.2, -0.15) is 0 Å². The molecule has 0 heterocycles. The molecule has 0 fully saturated rings. The molecule has 1 atom stereocenters. The molecule has 26 heavy (non-hydrogen) atoms. The smallest absolute Gasteiger partial charge is 0.221 e. The summed E-state index contributed by atoms with van der Waals surface area (Å²) in [6, 6.07) is 12.6. The SMILES string of the molecule is CC(CC(=O)NCCCc1cccc(Br)c1)S(=O)(=O)c1ccc(F)cc1. The van der Waals surface area contributed by atoms with E-state index in [4.69, 9.17) is 0 Å². The second kappa shape index (κ2) is 9.28. The van der Waals surface area contributed by atoms with E-state index in [-0.39, 0.29) is 17.2 Å². The van der Waals surface area contributed by atoms with Crippen molar-refractivity contribution in [2.24, 2.45) is 0 Å². The molecule has 0 saturated heterocycles. The lowest BCUT2D eigenvalue weighted by Crippen LogP contribution is -2.30. The topological polar surface area (TPSA) is 63.2 Å². The van der Waals surface area contributed by atoms with Crippen molar-refractivity contribution in [1.82, 2.24) is 5.32 Å². The highest BCUT2D eigenvalue weighted by Gasteiger charge is 2.25. The number of sulfone groups is 1. The lowest BCUT2D eigenvalue weighted by Gasteiger charge is -2.13. The predicted octanol–water partition coefficient (Wildman–Crippen LogP) is 3.89. The van der Waals surface area contributed by atoms with Gasteiger partial charge >= 0.3 is 0 Å². The van der Waals surface area contributed by atoms with Gasteiger partial charge in [0.2, 0.25) is 5.91 Å². The number of hydrogen-bond acceptors (Lipinski definition) is 3. The summed E-state index contributed by atoms with van der Waals surface area (Å²) in [6.07, 6.45) is 1.46. The van der Waals surface area contributed by atoms with E-state index in [0.717, 1.165) is 29.4 Å². The maximum Gasteiger partial charge on any atom is 0.221 e. The summed E-state index contributed by atoms with van der Waals surface area (Å²) in [6.45, 7) is 1.97. The van der Waals surface area contributed by atoms with Crippen molar-refractivity contribution >= 4 is 31.7 Å². The first kappa shape index (κ1) is 20.6. The average molecular weight is 442 g/mol. The quantitative estimate of drug-likeness (QED) is 0.499. The van der Waals surface area contributed by atoms with Crippen molar-refractivity contribution in [1.29, 1.82) is 0 Å². The van der Waals surface area contributed by atoms with Crippen molar-refractivity contribution in [2.45, 2.75) is 36.3 Å². The fraction of sp³-hybridized carbons (Fsp3) is 0.316. The Bertz CT molecular complexity index is 853. The fourth-order valence-electron chi connectivity index (χ4n) is 2.51. The fourth-order valence-corrected chi connectivity index (χ4v) is 4.31. The van der Waals surface area contributed by atoms with Gasteiger partial charge in [-0.3, -0.25) is 4.79 Å². The second-order valence-electron chi connectivity index (χ2n) is 6.10. The first-order valence-electron chi connectivity index (χ1n) is 8.29. The number of rotatable bonds is 8. The van der Waals surface area contributed by atoms with Gasteiger partial charge in [0.1, 0.15) is 5.82 Å². The summed E-state index contributed by atoms with van der Waals surface area (Å²) in [5.74, 6) is -0.808. The Morgan fingerprint density at radius 1 is 1.19 bits per heavy atom. The second-order valence-corrected chi connectivity index (χ2v) is 9.38. The van der Waals surface area contributed by atoms with E-state index >= 15 is 0 Å². The molecule has 140 valence electrons. The number of carbonyl (C=O) groups is 1. The molecule has 0 aromatic heterocycles. The molecule has 1 N–H and O–H groups in total. The third kappa shape index (κ3) is 5.92. The lowest BCUT2D eigenvalue weighted by molar-refractivity contribution is -0.121. The normalized spacial score (nSPS) is 12.6. The van der Waals surface area contributed by atoms with Crippen molar-refractivity contribution in [2.75, 3.05) is 6.54 Å². The first-order chi connectivity index (χ1) is 12.3.